The minimum Gasteiger partial charge on any atom is -0.490 e. The number of ether oxygens (including phenoxy) is 2. The van der Waals surface area contributed by atoms with Crippen molar-refractivity contribution < 1.29 is 46.1 Å². The molecular formula is C74H100Cl2N6O10S2. The van der Waals surface area contributed by atoms with Crippen molar-refractivity contribution in [3.63, 3.8) is 0 Å². The number of β-amino-alcohol motifs (C(OH)–C–C–N with tert-alkyl or cyclic N) is 2. The summed E-state index contributed by atoms with van der Waals surface area (Å²) in [6, 6.07) is 23.1. The lowest BCUT2D eigenvalue weighted by molar-refractivity contribution is -0.103. The second kappa shape index (κ2) is 27.2. The number of amides is 2. The van der Waals surface area contributed by atoms with E-state index in [-0.39, 0.29) is 34.5 Å². The number of hydrogen-bond acceptors (Lipinski definition) is 14. The lowest BCUT2D eigenvalue weighted by Crippen LogP contribution is -2.56. The van der Waals surface area contributed by atoms with Crippen LogP contribution in [0.25, 0.3) is 0 Å². The zero-order valence-electron chi connectivity index (χ0n) is 55.7. The standard InChI is InChI=1S/2C37H50ClN3O5S/c2*1-25-7-5-16-37(43,23-40-17-3-4-18-40)32-12-9-29(32)21-41-22-36(15-6-8-27-19-30(38)11-13-31(27)36)24-46-34-14-10-28(20-33(34)41)35(42)39-47(44,45)26(25)2/h2*10-11,13-14,19-20,25-26,29,32,43H,3-9,12,15-18,21-24H2,1-2H3,(H,39,42)/t25-,26+,29-,32+,36-,37+;25-,26+,29-,32+,36-,37-/m00/s1. The van der Waals surface area contributed by atoms with Crippen LogP contribution < -0.4 is 28.7 Å². The SMILES string of the molecule is C[C@@H]1[C@@H](C)CCC[C@@](O)(CN2CCCC2)[C@@H]2CC[C@H]2CN2C[C@@]3(CCCc4cc(Cl)ccc43)COc3ccc(cc32)C(=O)NS1(=O)=O.C[C@@H]1[C@@H](C)CCC[C@](O)(CN2CCCC2)[C@@H]2CC[C@H]2CN2C[C@@]3(CCCc4cc(Cl)ccc43)COc3ccc(cc32)C(=O)NS1(=O)=O. The summed E-state index contributed by atoms with van der Waals surface area (Å²) >= 11 is 12.9. The number of anilines is 2. The van der Waals surface area contributed by atoms with Crippen molar-refractivity contribution in [2.24, 2.45) is 35.5 Å². The van der Waals surface area contributed by atoms with Crippen molar-refractivity contribution in [2.75, 3.05) is 88.5 Å². The number of halogens is 2. The number of carbonyl (C=O) groups excluding carboxylic acids is 2. The number of nitrogens with one attached hydrogen (secondary N) is 2. The van der Waals surface area contributed by atoms with Gasteiger partial charge in [-0.1, -0.05) is 62.0 Å². The molecule has 4 bridgehead atoms. The monoisotopic (exact) mass is 1370 g/mol. The molecule has 2 saturated carbocycles. The zero-order valence-corrected chi connectivity index (χ0v) is 58.8. The summed E-state index contributed by atoms with van der Waals surface area (Å²) < 4.78 is 71.8. The number of sulfonamides is 2. The molecule has 4 fully saturated rings. The van der Waals surface area contributed by atoms with E-state index in [0.717, 1.165) is 138 Å². The van der Waals surface area contributed by atoms with E-state index in [4.69, 9.17) is 32.7 Å². The Kier molecular flexibility index (Phi) is 19.7. The first-order chi connectivity index (χ1) is 44.9. The highest BCUT2D eigenvalue weighted by Gasteiger charge is 2.52. The normalized spacial score (nSPS) is 34.4. The Morgan fingerprint density at radius 1 is 0.511 bits per heavy atom. The van der Waals surface area contributed by atoms with Crippen molar-refractivity contribution in [1.82, 2.24) is 19.2 Å². The molecule has 14 rings (SSSR count). The van der Waals surface area contributed by atoms with E-state index in [1.54, 1.807) is 26.0 Å². The Hall–Kier alpha value is -4.66. The molecule has 6 heterocycles. The van der Waals surface area contributed by atoms with Crippen molar-refractivity contribution in [3.05, 3.63) is 116 Å². The van der Waals surface area contributed by atoms with Crippen LogP contribution in [0.2, 0.25) is 10.0 Å². The van der Waals surface area contributed by atoms with Gasteiger partial charge in [0.15, 0.2) is 0 Å². The molecule has 10 aliphatic rings. The van der Waals surface area contributed by atoms with Crippen LogP contribution in [0.3, 0.4) is 0 Å². The molecule has 4 aromatic rings. The van der Waals surface area contributed by atoms with Crippen molar-refractivity contribution in [1.29, 1.82) is 0 Å². The average molecular weight is 1370 g/mol. The van der Waals surface area contributed by atoms with Crippen LogP contribution in [-0.4, -0.2) is 149 Å². The molecule has 0 aromatic heterocycles. The van der Waals surface area contributed by atoms with E-state index in [0.29, 0.717) is 99.5 Å². The summed E-state index contributed by atoms with van der Waals surface area (Å²) in [4.78, 5) is 36.7. The van der Waals surface area contributed by atoms with Crippen LogP contribution in [0.15, 0.2) is 72.8 Å². The smallest absolute Gasteiger partial charge is 0.264 e. The van der Waals surface area contributed by atoms with Crippen molar-refractivity contribution in [3.8, 4) is 11.5 Å². The molecular weight excluding hydrogens is 1270 g/mol. The first-order valence-electron chi connectivity index (χ1n) is 35.6. The van der Waals surface area contributed by atoms with Crippen LogP contribution in [0.1, 0.15) is 186 Å². The number of fused-ring (bicyclic) bond motifs is 8. The molecule has 0 unspecified atom stereocenters. The minimum atomic E-state index is -3.92. The van der Waals surface area contributed by atoms with Gasteiger partial charge in [0, 0.05) is 71.3 Å². The Labute approximate surface area is 568 Å². The second-order valence-electron chi connectivity index (χ2n) is 30.7. The second-order valence-corrected chi connectivity index (χ2v) is 35.7. The van der Waals surface area contributed by atoms with E-state index in [1.807, 2.05) is 50.2 Å². The summed E-state index contributed by atoms with van der Waals surface area (Å²) in [6.45, 7) is 16.6. The zero-order chi connectivity index (χ0) is 66.0. The van der Waals surface area contributed by atoms with Crippen LogP contribution in [0.5, 0.6) is 11.5 Å². The van der Waals surface area contributed by atoms with Crippen LogP contribution in [-0.2, 0) is 43.7 Å². The van der Waals surface area contributed by atoms with Gasteiger partial charge in [-0.05, 0) is 274 Å². The van der Waals surface area contributed by atoms with Gasteiger partial charge in [0.1, 0.15) is 11.5 Å². The first-order valence-corrected chi connectivity index (χ1v) is 39.4. The largest absolute Gasteiger partial charge is 0.490 e. The maximum absolute atomic E-state index is 13.5. The van der Waals surface area contributed by atoms with Gasteiger partial charge < -0.3 is 39.3 Å². The fourth-order valence-electron chi connectivity index (χ4n) is 18.6. The molecule has 20 heteroatoms. The first kappa shape index (κ1) is 67.9. The van der Waals surface area contributed by atoms with Gasteiger partial charge in [-0.15, -0.1) is 0 Å². The molecule has 0 radical (unpaired) electrons. The highest BCUT2D eigenvalue weighted by atomic mass is 35.5. The van der Waals surface area contributed by atoms with Crippen LogP contribution in [0.4, 0.5) is 11.4 Å². The molecule has 94 heavy (non-hydrogen) atoms. The topological polar surface area (TPSA) is 198 Å². The van der Waals surface area contributed by atoms with E-state index < -0.39 is 53.6 Å². The molecule has 2 spiro atoms. The Morgan fingerprint density at radius 3 is 1.30 bits per heavy atom. The highest BCUT2D eigenvalue weighted by molar-refractivity contribution is 7.91. The van der Waals surface area contributed by atoms with Crippen LogP contribution >= 0.6 is 23.2 Å². The Bertz CT molecular complexity index is 3460. The molecule has 4 aromatic carbocycles. The summed E-state index contributed by atoms with van der Waals surface area (Å²) in [6.07, 6.45) is 18.8. The maximum Gasteiger partial charge on any atom is 0.264 e. The molecule has 4 N–H and O–H groups in total. The van der Waals surface area contributed by atoms with E-state index in [2.05, 4.69) is 53.3 Å². The number of rotatable bonds is 4. The molecule has 12 atom stereocenters. The Balaban J connectivity index is 0.000000171. The Morgan fingerprint density at radius 2 is 0.915 bits per heavy atom. The number of likely N-dealkylation sites (tertiary alicyclic amines) is 2. The number of benzene rings is 4. The lowest BCUT2D eigenvalue weighted by atomic mass is 9.62. The van der Waals surface area contributed by atoms with E-state index in [1.165, 1.54) is 47.9 Å². The number of carbonyl (C=O) groups is 2. The minimum absolute atomic E-state index is 0.153. The van der Waals surface area contributed by atoms with Gasteiger partial charge >= 0.3 is 0 Å². The van der Waals surface area contributed by atoms with Gasteiger partial charge in [-0.25, -0.2) is 26.3 Å². The predicted octanol–water partition coefficient (Wildman–Crippen LogP) is 11.9. The highest BCUT2D eigenvalue weighted by Crippen LogP contribution is 2.52. The van der Waals surface area contributed by atoms with Gasteiger partial charge in [-0.3, -0.25) is 9.59 Å². The van der Waals surface area contributed by atoms with Crippen molar-refractivity contribution in [2.45, 2.75) is 189 Å². The number of aryl methyl sites for hydroxylation is 2. The van der Waals surface area contributed by atoms with Gasteiger partial charge in [0.05, 0.1) is 46.3 Å². The number of aliphatic hydroxyl groups is 2. The maximum atomic E-state index is 13.5. The summed E-state index contributed by atoms with van der Waals surface area (Å²) in [7, 11) is -7.84. The van der Waals surface area contributed by atoms with Crippen molar-refractivity contribution >= 4 is 66.4 Å². The molecule has 2 saturated heterocycles. The van der Waals surface area contributed by atoms with Crippen LogP contribution in [0, 0.1) is 35.5 Å². The molecule has 512 valence electrons. The third kappa shape index (κ3) is 13.8. The quantitative estimate of drug-likeness (QED) is 0.150. The van der Waals surface area contributed by atoms with E-state index >= 15 is 0 Å². The summed E-state index contributed by atoms with van der Waals surface area (Å²) in [5.74, 6) is 0.738. The lowest BCUT2D eigenvalue weighted by Gasteiger charge is -2.51. The fourth-order valence-corrected chi connectivity index (χ4v) is 21.6. The molecule has 6 aliphatic heterocycles. The van der Waals surface area contributed by atoms with E-state index in [9.17, 15) is 36.6 Å². The molecule has 4 aliphatic carbocycles. The fraction of sp³-hybridized carbons (Fsp3) is 0.649. The third-order valence-electron chi connectivity index (χ3n) is 24.7. The van der Waals surface area contributed by atoms with Gasteiger partial charge in [-0.2, -0.15) is 0 Å². The van der Waals surface area contributed by atoms with Gasteiger partial charge in [0.25, 0.3) is 11.8 Å². The third-order valence-corrected chi connectivity index (χ3v) is 29.0. The molecule has 16 nitrogen and oxygen atoms in total. The molecule has 2 amide bonds. The summed E-state index contributed by atoms with van der Waals surface area (Å²) in [5.41, 5.74) is 5.12. The number of hydrogen-bond donors (Lipinski definition) is 4. The predicted molar refractivity (Wildman–Crippen MR) is 372 cm³/mol. The van der Waals surface area contributed by atoms with Gasteiger partial charge in [0.2, 0.25) is 20.0 Å². The number of nitrogens with zero attached hydrogens (tertiary/aromatic N) is 4. The summed E-state index contributed by atoms with van der Waals surface area (Å²) in [5, 5.41) is 25.1. The average Bonchev–Trinajstić information content (AvgIpc) is 1.43.